The van der Waals surface area contributed by atoms with Gasteiger partial charge in [0, 0.05) is 92.5 Å². The normalized spacial score (nSPS) is 18.8. The quantitative estimate of drug-likeness (QED) is 0.0278. The molecule has 9 amide bonds. The number of hydrazine groups is 4. The van der Waals surface area contributed by atoms with Crippen LogP contribution in [0.2, 0.25) is 0 Å². The molecule has 0 bridgehead atoms. The van der Waals surface area contributed by atoms with E-state index in [9.17, 15) is 53.1 Å². The van der Waals surface area contributed by atoms with Crippen LogP contribution in [0, 0.1) is 41.4 Å². The van der Waals surface area contributed by atoms with Crippen LogP contribution in [0.5, 0.6) is 0 Å². The average Bonchev–Trinajstić information content (AvgIpc) is 1.79. The second-order valence-electron chi connectivity index (χ2n) is 40.5. The first kappa shape index (κ1) is 124. The van der Waals surface area contributed by atoms with Crippen molar-refractivity contribution >= 4 is 64.7 Å². The zero-order valence-corrected chi connectivity index (χ0v) is 89.6. The predicted molar refractivity (Wildman–Crippen MR) is 540 cm³/mol. The first-order valence-corrected chi connectivity index (χ1v) is 52.5. The summed E-state index contributed by atoms with van der Waals surface area (Å²) < 4.78 is 70.9. The van der Waals surface area contributed by atoms with Crippen LogP contribution >= 0.6 is 0 Å². The molecule has 40 heteroatoms. The molecule has 3 heterocycles. The minimum absolute atomic E-state index is 0.000148. The molecule has 816 valence electrons. The molecular weight excluding hydrogens is 1850 g/mol. The Balaban J connectivity index is 0.992. The molecule has 0 aromatic heterocycles. The number of ether oxygens (including phenoxy) is 12. The van der Waals surface area contributed by atoms with E-state index in [4.69, 9.17) is 56.8 Å². The van der Waals surface area contributed by atoms with Crippen LogP contribution in [-0.4, -0.2) is 374 Å². The van der Waals surface area contributed by atoms with E-state index >= 15 is 4.79 Å². The second-order valence-corrected chi connectivity index (χ2v) is 40.5. The average molecular weight is 2030 g/mol. The van der Waals surface area contributed by atoms with Gasteiger partial charge in [0.25, 0.3) is 0 Å². The van der Waals surface area contributed by atoms with Crippen molar-refractivity contribution in [2.24, 2.45) is 41.4 Å². The minimum Gasteiger partial charge on any atom is -0.386 e. The molecule has 1 aromatic rings. The summed E-state index contributed by atoms with van der Waals surface area (Å²) in [6.07, 6.45) is 8.74. The van der Waals surface area contributed by atoms with Gasteiger partial charge in [0.15, 0.2) is 11.6 Å². The fourth-order valence-corrected chi connectivity index (χ4v) is 18.8. The summed E-state index contributed by atoms with van der Waals surface area (Å²) in [6, 6.07) is 4.14. The summed E-state index contributed by atoms with van der Waals surface area (Å²) in [5.74, 6) is -7.86. The summed E-state index contributed by atoms with van der Waals surface area (Å²) in [5, 5.41) is 32.5. The number of Topliss-reactive ketones (excluding diaryl/α,β-unsaturated/α-hetero) is 2. The largest absolute Gasteiger partial charge is 0.386 e. The number of carbonyl (C=O) groups excluding carboxylic acids is 11. The number of likely N-dealkylation sites (N-methyl/N-ethyl adjacent to an activating group) is 3. The molecule has 3 aliphatic heterocycles. The van der Waals surface area contributed by atoms with Gasteiger partial charge in [-0.1, -0.05) is 132 Å². The molecule has 40 nitrogen and oxygen atoms in total. The number of rotatable bonds is 73. The Morgan fingerprint density at radius 1 is 0.524 bits per heavy atom. The lowest BCUT2D eigenvalue weighted by Gasteiger charge is -2.41. The third-order valence-corrected chi connectivity index (χ3v) is 27.2. The van der Waals surface area contributed by atoms with Gasteiger partial charge in [0.05, 0.1) is 230 Å². The lowest BCUT2D eigenvalue weighted by atomic mass is 9.83. The number of nitrogens with zero attached hydrogens (tertiary/aromatic N) is 6. The molecule has 2 unspecified atom stereocenters. The molecular formula is C103H181N16O24+. The SMILES string of the molecule is CC[C@H](C)[C@@H]([C@@H](CC(=O)N1CCC[C@H]1[C@H](OC)[C@@H](C)C(=O)N[C@H](C)[C@@H](O)c1ccccc1)OC)N(C)C(=O)[C@@H](CC(=O)[C@H](C(C)C)N(C)C(=O)[C@H](C)CC(=O)[C@@H](NC(=O)[C@@H](CCCCNC(=O)COC1CCCCCC2=C1NNN2CCOCCOCCOCCOCCC(=O)NCC[N+](C)(C)C)NC(=O)CCOCCOCCOCCOCCNC(=O)COC1CCCCCC2=C1NNN2C)C(C)C)C(C)C. The van der Waals surface area contributed by atoms with Gasteiger partial charge in [0.2, 0.25) is 53.2 Å². The van der Waals surface area contributed by atoms with Gasteiger partial charge in [-0.25, -0.2) is 0 Å². The van der Waals surface area contributed by atoms with E-state index in [1.807, 2.05) is 76.8 Å². The number of hydrogen-bond donors (Lipinski definition) is 11. The molecule has 0 saturated carbocycles. The number of ketones is 2. The van der Waals surface area contributed by atoms with Crippen LogP contribution < -0.4 is 53.8 Å². The number of hydrogen-bond acceptors (Lipinski definition) is 30. The van der Waals surface area contributed by atoms with Crippen molar-refractivity contribution in [3.8, 4) is 0 Å². The second kappa shape index (κ2) is 67.6. The smallest absolute Gasteiger partial charge is 0.246 e. The molecule has 1 saturated heterocycles. The van der Waals surface area contributed by atoms with E-state index in [1.54, 1.807) is 63.6 Å². The van der Waals surface area contributed by atoms with Gasteiger partial charge in [0.1, 0.15) is 31.5 Å². The van der Waals surface area contributed by atoms with Crippen molar-refractivity contribution in [2.75, 3.05) is 215 Å². The van der Waals surface area contributed by atoms with Crippen molar-refractivity contribution in [2.45, 2.75) is 278 Å². The summed E-state index contributed by atoms with van der Waals surface area (Å²) in [6.45, 7) is 27.7. The molecule has 1 aromatic carbocycles. The lowest BCUT2D eigenvalue weighted by molar-refractivity contribution is -0.869. The monoisotopic (exact) mass is 2030 g/mol. The van der Waals surface area contributed by atoms with E-state index in [2.05, 4.69) is 75.0 Å². The highest BCUT2D eigenvalue weighted by Crippen LogP contribution is 2.35. The highest BCUT2D eigenvalue weighted by Gasteiger charge is 2.46. The van der Waals surface area contributed by atoms with Crippen LogP contribution in [0.15, 0.2) is 53.1 Å². The van der Waals surface area contributed by atoms with Crippen LogP contribution in [0.4, 0.5) is 0 Å². The Morgan fingerprint density at radius 3 is 1.62 bits per heavy atom. The maximum Gasteiger partial charge on any atom is 0.246 e. The Kier molecular flexibility index (Phi) is 58.4. The number of carbonyl (C=O) groups is 11. The van der Waals surface area contributed by atoms with Crippen molar-refractivity contribution in [3.63, 3.8) is 0 Å². The topological polar surface area (TPSA) is 455 Å². The van der Waals surface area contributed by atoms with Crippen LogP contribution in [0.25, 0.3) is 0 Å². The first-order chi connectivity index (χ1) is 68.4. The number of methoxy groups -OCH3 is 2. The molecule has 2 aliphatic carbocycles. The Morgan fingerprint density at radius 2 is 1.06 bits per heavy atom. The first-order valence-electron chi connectivity index (χ1n) is 52.5. The van der Waals surface area contributed by atoms with Crippen molar-refractivity contribution < 1.29 is 119 Å². The van der Waals surface area contributed by atoms with E-state index in [0.717, 1.165) is 91.6 Å². The standard InChI is InChI=1S/C103H180N16O24/c1-20-73(8)97(87(132-18)67-92(126)117-46-32-38-82(117)99(133-19)75(10)100(128)107-76(11)98(127)77-33-24-21-25-34-77)115(13)103(131)78(70(2)3)66-84(121)96(72(6)7)114(12)102(130)74(9)65-83(120)93(71(4)5)109-101(129)79(108-89(123)42-50-135-54-58-139-61-63-140-59-55-136-51-45-106-91(125)69-142-85-39-28-22-26-36-80-94(85)110-112-116(80)14)35-30-31-43-104-90(124)68-143-86-40-29-23-27-37-81-95(86)111-113-118(81)47-52-137-56-60-141-64-62-138-57-53-134-49-41-88(122)105-44-48-119(15,16)17/h21,24-25,33-34,70-76,78-79,82,85-87,93,96-99,110-113,127H,20,22-23,26-32,35-69H2,1-19H3,(H5-,104,105,106,107,108,109,122,123,124,125,128,129)/p+1/t73-,74+,75+,76+,78-,79+,82-,85?,86?,87+,93-,96-,97-,98+,99+/m0/s1. The predicted octanol–water partition coefficient (Wildman–Crippen LogP) is 5.62. The summed E-state index contributed by atoms with van der Waals surface area (Å²) in [5.41, 5.74) is 17.6. The molecule has 0 spiro atoms. The zero-order valence-electron chi connectivity index (χ0n) is 89.6. The summed E-state index contributed by atoms with van der Waals surface area (Å²) >= 11 is 0. The molecule has 143 heavy (non-hydrogen) atoms. The Labute approximate surface area is 851 Å². The number of likely N-dealkylation sites (tertiary alicyclic amines) is 1. The number of allylic oxidation sites excluding steroid dienone is 2. The highest BCUT2D eigenvalue weighted by molar-refractivity contribution is 5.97. The molecule has 11 N–H and O–H groups in total. The van der Waals surface area contributed by atoms with Crippen LogP contribution in [0.1, 0.15) is 223 Å². The third-order valence-electron chi connectivity index (χ3n) is 27.2. The fourth-order valence-electron chi connectivity index (χ4n) is 18.8. The molecule has 15 atom stereocenters. The summed E-state index contributed by atoms with van der Waals surface area (Å²) in [7, 11) is 14.4. The summed E-state index contributed by atoms with van der Waals surface area (Å²) in [4.78, 5) is 160. The number of aliphatic hydroxyl groups is 1. The maximum atomic E-state index is 15.2. The fraction of sp³-hybridized carbons (Fsp3) is 0.796. The zero-order chi connectivity index (χ0) is 105. The van der Waals surface area contributed by atoms with Gasteiger partial charge in [-0.15, -0.1) is 11.1 Å². The molecule has 5 aliphatic rings. The van der Waals surface area contributed by atoms with E-state index in [1.165, 1.54) is 26.2 Å². The van der Waals surface area contributed by atoms with Crippen LogP contribution in [0.3, 0.4) is 0 Å². The van der Waals surface area contributed by atoms with Gasteiger partial charge in [-0.3, -0.25) is 62.8 Å². The van der Waals surface area contributed by atoms with Crippen molar-refractivity contribution in [3.05, 3.63) is 58.7 Å². The molecule has 6 rings (SSSR count). The van der Waals surface area contributed by atoms with Gasteiger partial charge < -0.3 is 124 Å². The highest BCUT2D eigenvalue weighted by atomic mass is 16.6. The van der Waals surface area contributed by atoms with Gasteiger partial charge in [-0.2, -0.15) is 0 Å². The Hall–Kier alpha value is -8.17. The number of amides is 9. The number of aliphatic hydroxyl groups excluding tert-OH is 1. The van der Waals surface area contributed by atoms with E-state index in [-0.39, 0.29) is 144 Å². The van der Waals surface area contributed by atoms with E-state index < -0.39 is 108 Å². The van der Waals surface area contributed by atoms with Crippen molar-refractivity contribution in [1.29, 1.82) is 0 Å². The van der Waals surface area contributed by atoms with E-state index in [0.29, 0.717) is 156 Å². The van der Waals surface area contributed by atoms with Crippen molar-refractivity contribution in [1.82, 2.24) is 78.5 Å². The van der Waals surface area contributed by atoms with Crippen LogP contribution in [-0.2, 0) is 110 Å². The number of nitrogens with one attached hydrogen (secondary N) is 10. The molecule has 0 radical (unpaired) electrons. The number of unbranched alkanes of at least 4 members (excludes halogenated alkanes) is 1. The minimum atomic E-state index is -1.13. The number of benzene rings is 1. The number of quaternary nitrogens is 1. The van der Waals surface area contributed by atoms with Gasteiger partial charge >= 0.3 is 0 Å². The third kappa shape index (κ3) is 44.0. The van der Waals surface area contributed by atoms with Gasteiger partial charge in [-0.05, 0) is 107 Å². The maximum absolute atomic E-state index is 15.2. The lowest BCUT2D eigenvalue weighted by Crippen LogP contribution is -2.55. The Bertz CT molecular complexity index is 4020. The molecule has 1 fully saturated rings.